The van der Waals surface area contributed by atoms with Crippen LogP contribution in [0.3, 0.4) is 0 Å². The van der Waals surface area contributed by atoms with Crippen molar-refractivity contribution >= 4 is 15.9 Å². The summed E-state index contributed by atoms with van der Waals surface area (Å²) in [7, 11) is -3.15. The maximum atomic E-state index is 12.4. The molecule has 0 spiro atoms. The Kier molecular flexibility index (Phi) is 4.71. The van der Waals surface area contributed by atoms with Gasteiger partial charge in [-0.05, 0) is 19.3 Å². The zero-order chi connectivity index (χ0) is 14.8. The molecule has 1 heterocycles. The fraction of sp³-hybridized carbons (Fsp3) is 0.923. The van der Waals surface area contributed by atoms with Crippen LogP contribution >= 0.6 is 0 Å². The van der Waals surface area contributed by atoms with Gasteiger partial charge in [-0.3, -0.25) is 4.79 Å². The van der Waals surface area contributed by atoms with Crippen molar-refractivity contribution in [3.8, 4) is 0 Å². The second-order valence-corrected chi connectivity index (χ2v) is 7.96. The Bertz CT molecular complexity index is 449. The number of nitrogens with two attached hydrogens (primary N) is 1. The number of carbonyl (C=O) groups excluding carboxylic acids is 1. The molecule has 0 unspecified atom stereocenters. The van der Waals surface area contributed by atoms with Crippen molar-refractivity contribution in [3.05, 3.63) is 0 Å². The maximum absolute atomic E-state index is 12.4. The van der Waals surface area contributed by atoms with Crippen LogP contribution in [0.4, 0.5) is 0 Å². The molecule has 1 saturated heterocycles. The average Bonchev–Trinajstić information content (AvgIpc) is 2.86. The molecule has 1 amide bonds. The van der Waals surface area contributed by atoms with Gasteiger partial charge in [-0.25, -0.2) is 8.42 Å². The van der Waals surface area contributed by atoms with E-state index in [4.69, 9.17) is 5.73 Å². The Balaban J connectivity index is 1.93. The summed E-state index contributed by atoms with van der Waals surface area (Å²) in [4.78, 5) is 14.2. The summed E-state index contributed by atoms with van der Waals surface area (Å²) in [5.74, 6) is 0.185. The van der Waals surface area contributed by atoms with E-state index < -0.39 is 15.6 Å². The number of amides is 1. The molecule has 2 fully saturated rings. The molecule has 20 heavy (non-hydrogen) atoms. The first-order valence-electron chi connectivity index (χ1n) is 7.45. The molecule has 0 radical (unpaired) electrons. The Morgan fingerprint density at radius 1 is 1.15 bits per heavy atom. The van der Waals surface area contributed by atoms with E-state index in [9.17, 15) is 13.2 Å². The molecule has 0 aromatic carbocycles. The predicted molar refractivity (Wildman–Crippen MR) is 77.6 cm³/mol. The maximum Gasteiger partial charge on any atom is 0.242 e. The van der Waals surface area contributed by atoms with Crippen molar-refractivity contribution in [1.29, 1.82) is 0 Å². The van der Waals surface area contributed by atoms with Crippen LogP contribution in [0.1, 0.15) is 39.0 Å². The van der Waals surface area contributed by atoms with E-state index in [1.807, 2.05) is 6.92 Å². The molecular weight excluding hydrogens is 278 g/mol. The van der Waals surface area contributed by atoms with Crippen LogP contribution in [0.25, 0.3) is 0 Å². The quantitative estimate of drug-likeness (QED) is 0.801. The molecule has 6 nitrogen and oxygen atoms in total. The van der Waals surface area contributed by atoms with Crippen LogP contribution in [0.2, 0.25) is 0 Å². The molecule has 1 aliphatic heterocycles. The zero-order valence-electron chi connectivity index (χ0n) is 12.2. The van der Waals surface area contributed by atoms with Gasteiger partial charge in [0.2, 0.25) is 15.9 Å². The minimum atomic E-state index is -3.15. The molecule has 2 aliphatic rings. The molecule has 2 N–H and O–H groups in total. The van der Waals surface area contributed by atoms with Gasteiger partial charge in [0, 0.05) is 26.2 Å². The monoisotopic (exact) mass is 303 g/mol. The van der Waals surface area contributed by atoms with Gasteiger partial charge in [-0.1, -0.05) is 19.8 Å². The summed E-state index contributed by atoms with van der Waals surface area (Å²) in [6, 6.07) is 0. The third kappa shape index (κ3) is 3.15. The van der Waals surface area contributed by atoms with E-state index in [-0.39, 0.29) is 11.7 Å². The van der Waals surface area contributed by atoms with Crippen LogP contribution in [-0.4, -0.2) is 61.0 Å². The lowest BCUT2D eigenvalue weighted by molar-refractivity contribution is -0.138. The molecule has 7 heteroatoms. The van der Waals surface area contributed by atoms with Crippen molar-refractivity contribution in [3.63, 3.8) is 0 Å². The van der Waals surface area contributed by atoms with Crippen LogP contribution in [0.5, 0.6) is 0 Å². The highest BCUT2D eigenvalue weighted by Crippen LogP contribution is 2.29. The minimum absolute atomic E-state index is 0.00235. The molecule has 116 valence electrons. The van der Waals surface area contributed by atoms with Crippen molar-refractivity contribution in [2.45, 2.75) is 44.6 Å². The summed E-state index contributed by atoms with van der Waals surface area (Å²) in [5.41, 5.74) is 5.47. The highest BCUT2D eigenvalue weighted by molar-refractivity contribution is 7.89. The first kappa shape index (κ1) is 15.7. The number of hydrogen-bond donors (Lipinski definition) is 1. The normalized spacial score (nSPS) is 24.0. The van der Waals surface area contributed by atoms with E-state index in [1.54, 1.807) is 4.90 Å². The van der Waals surface area contributed by atoms with E-state index in [0.29, 0.717) is 32.6 Å². The summed E-state index contributed by atoms with van der Waals surface area (Å²) >= 11 is 0. The predicted octanol–water partition coefficient (Wildman–Crippen LogP) is 0.142. The van der Waals surface area contributed by atoms with Crippen molar-refractivity contribution in [2.75, 3.05) is 31.9 Å². The molecule has 1 aliphatic carbocycles. The fourth-order valence-corrected chi connectivity index (χ4v) is 4.58. The molecule has 0 aromatic heterocycles. The molecular formula is C13H25N3O3S. The summed E-state index contributed by atoms with van der Waals surface area (Å²) < 4.78 is 25.5. The molecule has 0 aromatic rings. The van der Waals surface area contributed by atoms with Crippen LogP contribution < -0.4 is 5.73 Å². The van der Waals surface area contributed by atoms with Crippen molar-refractivity contribution in [2.24, 2.45) is 5.73 Å². The summed E-state index contributed by atoms with van der Waals surface area (Å²) in [5, 5.41) is 0. The third-order valence-electron chi connectivity index (χ3n) is 4.30. The first-order valence-corrected chi connectivity index (χ1v) is 9.06. The molecule has 0 atom stereocenters. The van der Waals surface area contributed by atoms with Gasteiger partial charge in [-0.2, -0.15) is 4.31 Å². The lowest BCUT2D eigenvalue weighted by Gasteiger charge is -2.37. The standard InChI is InChI=1S/C13H25N3O3S/c1-2-11-20(18,19)16-9-7-15(8-10-16)12(17)13(14)5-3-4-6-13/h2-11,14H2,1H3. The van der Waals surface area contributed by atoms with Gasteiger partial charge in [0.1, 0.15) is 0 Å². The topological polar surface area (TPSA) is 83.7 Å². The zero-order valence-corrected chi connectivity index (χ0v) is 13.0. The fourth-order valence-electron chi connectivity index (χ4n) is 3.09. The highest BCUT2D eigenvalue weighted by Gasteiger charge is 2.41. The minimum Gasteiger partial charge on any atom is -0.338 e. The molecule has 0 bridgehead atoms. The van der Waals surface area contributed by atoms with Gasteiger partial charge in [0.15, 0.2) is 0 Å². The van der Waals surface area contributed by atoms with E-state index in [0.717, 1.165) is 25.7 Å². The Hall–Kier alpha value is -0.660. The van der Waals surface area contributed by atoms with Gasteiger partial charge >= 0.3 is 0 Å². The van der Waals surface area contributed by atoms with Crippen LogP contribution in [-0.2, 0) is 14.8 Å². The lowest BCUT2D eigenvalue weighted by atomic mass is 9.97. The largest absolute Gasteiger partial charge is 0.338 e. The Labute approximate surface area is 121 Å². The smallest absolute Gasteiger partial charge is 0.242 e. The summed E-state index contributed by atoms with van der Waals surface area (Å²) in [6.07, 6.45) is 4.13. The van der Waals surface area contributed by atoms with E-state index in [2.05, 4.69) is 0 Å². The number of sulfonamides is 1. The van der Waals surface area contributed by atoms with Gasteiger partial charge in [0.25, 0.3) is 0 Å². The number of carbonyl (C=O) groups is 1. The van der Waals surface area contributed by atoms with E-state index >= 15 is 0 Å². The summed E-state index contributed by atoms with van der Waals surface area (Å²) in [6.45, 7) is 3.56. The van der Waals surface area contributed by atoms with Crippen molar-refractivity contribution in [1.82, 2.24) is 9.21 Å². The first-order chi connectivity index (χ1) is 9.39. The number of rotatable bonds is 4. The number of hydrogen-bond acceptors (Lipinski definition) is 4. The second kappa shape index (κ2) is 5.99. The Morgan fingerprint density at radius 3 is 2.20 bits per heavy atom. The SMILES string of the molecule is CCCS(=O)(=O)N1CCN(C(=O)C2(N)CCCC2)CC1. The van der Waals surface area contributed by atoms with Gasteiger partial charge < -0.3 is 10.6 Å². The van der Waals surface area contributed by atoms with E-state index in [1.165, 1.54) is 4.31 Å². The average molecular weight is 303 g/mol. The number of nitrogens with zero attached hydrogens (tertiary/aromatic N) is 2. The van der Waals surface area contributed by atoms with Crippen LogP contribution in [0, 0.1) is 0 Å². The van der Waals surface area contributed by atoms with Gasteiger partial charge in [0.05, 0.1) is 11.3 Å². The second-order valence-electron chi connectivity index (χ2n) is 5.87. The van der Waals surface area contributed by atoms with Crippen LogP contribution in [0.15, 0.2) is 0 Å². The Morgan fingerprint density at radius 2 is 1.70 bits per heavy atom. The molecule has 2 rings (SSSR count). The highest BCUT2D eigenvalue weighted by atomic mass is 32.2. The van der Waals surface area contributed by atoms with Crippen molar-refractivity contribution < 1.29 is 13.2 Å². The van der Waals surface area contributed by atoms with Gasteiger partial charge in [-0.15, -0.1) is 0 Å². The lowest BCUT2D eigenvalue weighted by Crippen LogP contribution is -2.59. The third-order valence-corrected chi connectivity index (χ3v) is 6.38. The number of piperazine rings is 1. The molecule has 1 saturated carbocycles.